The Morgan fingerprint density at radius 1 is 1.10 bits per heavy atom. The number of ether oxygens (including phenoxy) is 1. The fourth-order valence-electron chi connectivity index (χ4n) is 2.76. The molecule has 31 heavy (non-hydrogen) atoms. The normalized spacial score (nSPS) is 13.4. The number of aliphatic carboxylic acids is 1. The number of hydrogen-bond donors (Lipinski definition) is 1. The Kier molecular flexibility index (Phi) is 6.45. The third-order valence-electron chi connectivity index (χ3n) is 4.00. The van der Waals surface area contributed by atoms with Gasteiger partial charge in [0, 0.05) is 12.6 Å². The third kappa shape index (κ3) is 5.00. The lowest BCUT2D eigenvalue weighted by atomic mass is 9.98. The van der Waals surface area contributed by atoms with E-state index >= 15 is 0 Å². The zero-order valence-corrected chi connectivity index (χ0v) is 16.6. The van der Waals surface area contributed by atoms with E-state index in [-0.39, 0.29) is 5.39 Å². The van der Waals surface area contributed by atoms with Crippen molar-refractivity contribution in [2.75, 3.05) is 20.7 Å². The highest BCUT2D eigenvalue weighted by Crippen LogP contribution is 2.42. The quantitative estimate of drug-likeness (QED) is 0.407. The van der Waals surface area contributed by atoms with Crippen molar-refractivity contribution in [3.8, 4) is 5.75 Å². The molecule has 0 radical (unpaired) electrons. The molecule has 2 aromatic carbocycles. The summed E-state index contributed by atoms with van der Waals surface area (Å²) in [7, 11) is -4.21. The zero-order valence-electron chi connectivity index (χ0n) is 15.7. The Hall–Kier alpha value is -3.03. The number of likely N-dealkylation sites (N-methyl/N-ethyl adjacent to an activating group) is 1. The fraction of sp³-hybridized carbons (Fsp3) is 0.294. The molecule has 0 heterocycles. The number of rotatable bonds is 5. The molecule has 2 aromatic rings. The first-order valence-corrected chi connectivity index (χ1v) is 9.55. The van der Waals surface area contributed by atoms with Gasteiger partial charge in [0.05, 0.1) is 7.11 Å². The van der Waals surface area contributed by atoms with Gasteiger partial charge in [0.25, 0.3) is 0 Å². The minimum absolute atomic E-state index is 0.316. The van der Waals surface area contributed by atoms with Gasteiger partial charge in [-0.2, -0.15) is 34.8 Å². The third-order valence-corrected chi connectivity index (χ3v) is 5.00. The van der Waals surface area contributed by atoms with Crippen LogP contribution in [-0.2, 0) is 21.0 Å². The number of carboxylic acids is 1. The fourth-order valence-corrected chi connectivity index (χ4v) is 3.33. The van der Waals surface area contributed by atoms with Crippen LogP contribution in [0.2, 0.25) is 0 Å². The van der Waals surface area contributed by atoms with Crippen LogP contribution >= 0.6 is 0 Å². The average Bonchev–Trinajstić information content (AvgIpc) is 2.62. The van der Waals surface area contributed by atoms with E-state index in [2.05, 4.69) is 4.40 Å². The maximum absolute atomic E-state index is 13.6. The Morgan fingerprint density at radius 2 is 1.71 bits per heavy atom. The van der Waals surface area contributed by atoms with E-state index in [1.807, 2.05) is 0 Å². The molecule has 170 valence electrons. The van der Waals surface area contributed by atoms with Crippen LogP contribution in [0.3, 0.4) is 0 Å². The van der Waals surface area contributed by atoms with Crippen LogP contribution in [0.1, 0.15) is 11.1 Å². The molecule has 0 saturated heterocycles. The second-order valence-corrected chi connectivity index (χ2v) is 7.72. The molecule has 14 heteroatoms. The predicted molar refractivity (Wildman–Crippen MR) is 97.3 cm³/mol. The number of halogens is 6. The summed E-state index contributed by atoms with van der Waals surface area (Å²) in [5.74, 6) is -3.11. The van der Waals surface area contributed by atoms with Crippen LogP contribution in [-0.4, -0.2) is 56.4 Å². The number of amidine groups is 1. The van der Waals surface area contributed by atoms with Crippen molar-refractivity contribution in [2.45, 2.75) is 11.7 Å². The van der Waals surface area contributed by atoms with Gasteiger partial charge in [-0.25, -0.2) is 0 Å². The molecule has 0 amide bonds. The lowest BCUT2D eigenvalue weighted by Crippen LogP contribution is -2.35. The summed E-state index contributed by atoms with van der Waals surface area (Å²) in [5.41, 5.74) is -7.51. The van der Waals surface area contributed by atoms with Gasteiger partial charge in [-0.3, -0.25) is 4.79 Å². The molecule has 0 aliphatic heterocycles. The van der Waals surface area contributed by atoms with E-state index in [9.17, 15) is 39.6 Å². The number of alkyl halides is 6. The molecule has 0 unspecified atom stereocenters. The van der Waals surface area contributed by atoms with Crippen molar-refractivity contribution in [2.24, 2.45) is 4.40 Å². The van der Waals surface area contributed by atoms with Crippen molar-refractivity contribution in [3.63, 3.8) is 0 Å². The first-order chi connectivity index (χ1) is 14.1. The Labute approximate surface area is 171 Å². The molecule has 0 bridgehead atoms. The van der Waals surface area contributed by atoms with E-state index in [0.717, 1.165) is 44.5 Å². The van der Waals surface area contributed by atoms with Gasteiger partial charge in [-0.1, -0.05) is 18.2 Å². The number of fused-ring (bicyclic) bond motifs is 1. The Morgan fingerprint density at radius 3 is 2.19 bits per heavy atom. The van der Waals surface area contributed by atoms with E-state index in [4.69, 9.17) is 9.84 Å². The lowest BCUT2D eigenvalue weighted by Gasteiger charge is -2.22. The van der Waals surface area contributed by atoms with Crippen LogP contribution in [0.5, 0.6) is 5.75 Å². The Balaban J connectivity index is 2.93. The number of carbonyl (C=O) groups is 1. The van der Waals surface area contributed by atoms with Crippen molar-refractivity contribution >= 4 is 32.6 Å². The summed E-state index contributed by atoms with van der Waals surface area (Å²) in [5, 5.41) is 8.11. The van der Waals surface area contributed by atoms with Crippen molar-refractivity contribution in [3.05, 3.63) is 41.5 Å². The summed E-state index contributed by atoms with van der Waals surface area (Å²) in [6, 6.07) is 5.05. The number of hydrogen-bond acceptors (Lipinski definition) is 4. The van der Waals surface area contributed by atoms with Gasteiger partial charge in [-0.05, 0) is 22.9 Å². The smallest absolute Gasteiger partial charge is 0.496 e. The van der Waals surface area contributed by atoms with Gasteiger partial charge in [0.1, 0.15) is 23.7 Å². The summed E-state index contributed by atoms with van der Waals surface area (Å²) < 4.78 is 110. The topological polar surface area (TPSA) is 96.3 Å². The van der Waals surface area contributed by atoms with Crippen molar-refractivity contribution in [1.82, 2.24) is 4.90 Å². The monoisotopic (exact) mass is 472 g/mol. The highest BCUT2D eigenvalue weighted by Gasteiger charge is 2.47. The minimum Gasteiger partial charge on any atom is -0.496 e. The number of sulfonamides is 1. The highest BCUT2D eigenvalue weighted by atomic mass is 32.2. The number of methoxy groups -OCH3 is 1. The SMILES string of the molecule is COc1ccc2c(/C(=N\S(=O)(=O)C(F)(F)F)N(C)CC(=O)O)cccc2c1C(F)(F)F. The lowest BCUT2D eigenvalue weighted by molar-refractivity contribution is -0.138. The van der Waals surface area contributed by atoms with Crippen LogP contribution in [0.25, 0.3) is 10.8 Å². The maximum atomic E-state index is 13.6. The van der Waals surface area contributed by atoms with E-state index in [0.29, 0.717) is 4.90 Å². The molecule has 0 aliphatic carbocycles. The Bertz CT molecular complexity index is 1140. The summed E-state index contributed by atoms with van der Waals surface area (Å²) in [6.07, 6.45) is -4.92. The minimum atomic E-state index is -6.14. The van der Waals surface area contributed by atoms with Crippen molar-refractivity contribution in [1.29, 1.82) is 0 Å². The molecule has 0 spiro atoms. The predicted octanol–water partition coefficient (Wildman–Crippen LogP) is 3.48. The molecule has 1 N–H and O–H groups in total. The van der Waals surface area contributed by atoms with Gasteiger partial charge >= 0.3 is 27.7 Å². The molecular formula is C17H14F6N2O5S. The molecule has 2 rings (SSSR count). The molecule has 7 nitrogen and oxygen atoms in total. The highest BCUT2D eigenvalue weighted by molar-refractivity contribution is 7.91. The zero-order chi connectivity index (χ0) is 23.8. The molecule has 0 fully saturated rings. The molecule has 0 aromatic heterocycles. The average molecular weight is 472 g/mol. The van der Waals surface area contributed by atoms with Gasteiger partial charge in [0.2, 0.25) is 0 Å². The molecular weight excluding hydrogens is 458 g/mol. The van der Waals surface area contributed by atoms with Crippen LogP contribution in [0.4, 0.5) is 26.3 Å². The van der Waals surface area contributed by atoms with Crippen LogP contribution in [0, 0.1) is 0 Å². The number of benzene rings is 2. The molecule has 0 saturated carbocycles. The molecule has 0 aliphatic rings. The van der Waals surface area contributed by atoms with E-state index in [1.165, 1.54) is 0 Å². The number of nitrogens with zero attached hydrogens (tertiary/aromatic N) is 2. The summed E-state index contributed by atoms with van der Waals surface area (Å²) in [6.45, 7) is -0.981. The molecule has 0 atom stereocenters. The van der Waals surface area contributed by atoms with Crippen LogP contribution < -0.4 is 4.74 Å². The van der Waals surface area contributed by atoms with Gasteiger partial charge in [0.15, 0.2) is 0 Å². The first kappa shape index (κ1) is 24.2. The van der Waals surface area contributed by atoms with Crippen LogP contribution in [0.15, 0.2) is 34.7 Å². The van der Waals surface area contributed by atoms with Gasteiger partial charge < -0.3 is 14.7 Å². The van der Waals surface area contributed by atoms with E-state index in [1.54, 1.807) is 0 Å². The standard InChI is InChI=1S/C17H14F6N2O5S/c1-25(8-13(26)27)15(24-31(28,29)17(21,22)23)11-5-3-4-10-9(11)6-7-12(30-2)14(10)16(18,19)20/h3-7H,8H2,1-2H3,(H,26,27)/b24-15+. The van der Waals surface area contributed by atoms with Gasteiger partial charge in [-0.15, -0.1) is 4.40 Å². The largest absolute Gasteiger partial charge is 0.518 e. The summed E-state index contributed by atoms with van der Waals surface area (Å²) in [4.78, 5) is 11.6. The second-order valence-electron chi connectivity index (χ2n) is 6.13. The second kappa shape index (κ2) is 8.24. The summed E-state index contributed by atoms with van der Waals surface area (Å²) >= 11 is 0. The first-order valence-electron chi connectivity index (χ1n) is 8.11. The number of carboxylic acid groups (broad SMARTS) is 1. The van der Waals surface area contributed by atoms with Crippen molar-refractivity contribution < 1.29 is 49.4 Å². The maximum Gasteiger partial charge on any atom is 0.518 e. The van der Waals surface area contributed by atoms with E-state index < -0.39 is 62.3 Å².